The number of esters is 2. The number of quaternary nitrogens is 1. The van der Waals surface area contributed by atoms with Crippen LogP contribution in [-0.2, 0) is 32.7 Å². The molecule has 0 N–H and O–H groups in total. The van der Waals surface area contributed by atoms with Crippen LogP contribution in [0.1, 0.15) is 348 Å². The summed E-state index contributed by atoms with van der Waals surface area (Å²) >= 11 is 0. The molecule has 0 aliphatic carbocycles. The van der Waals surface area contributed by atoms with Gasteiger partial charge in [0.1, 0.15) is 19.8 Å². The summed E-state index contributed by atoms with van der Waals surface area (Å²) in [6, 6.07) is 0. The Balaban J connectivity index is 4.03. The summed E-state index contributed by atoms with van der Waals surface area (Å²) in [5, 5.41) is 0. The van der Waals surface area contributed by atoms with Crippen molar-refractivity contribution in [3.05, 3.63) is 146 Å². The Morgan fingerprint density at radius 3 is 0.867 bits per heavy atom. The number of ether oxygens (including phenoxy) is 2. The molecular weight excluding hydrogens is 1230 g/mol. The zero-order valence-electron chi connectivity index (χ0n) is 64.2. The fraction of sp³-hybridized carbons (Fsp3) is 0.705. The topological polar surface area (TPSA) is 111 Å². The Morgan fingerprint density at radius 2 is 0.582 bits per heavy atom. The minimum absolute atomic E-state index is 0.0394. The van der Waals surface area contributed by atoms with Crippen LogP contribution in [0.2, 0.25) is 0 Å². The van der Waals surface area contributed by atoms with Gasteiger partial charge in [-0.15, -0.1) is 0 Å². The molecule has 10 heteroatoms. The first kappa shape index (κ1) is 93.9. The van der Waals surface area contributed by atoms with Gasteiger partial charge in [0.15, 0.2) is 6.10 Å². The lowest BCUT2D eigenvalue weighted by atomic mass is 10.0. The van der Waals surface area contributed by atoms with Gasteiger partial charge in [-0.3, -0.25) is 14.2 Å². The number of likely N-dealkylation sites (N-methyl/N-ethyl adjacent to an activating group) is 1. The number of carbonyl (C=O) groups is 2. The number of allylic oxidation sites excluding steroid dienone is 24. The molecule has 9 nitrogen and oxygen atoms in total. The van der Waals surface area contributed by atoms with Crippen LogP contribution in [0.15, 0.2) is 146 Å². The zero-order chi connectivity index (χ0) is 71.1. The van der Waals surface area contributed by atoms with E-state index in [4.69, 9.17) is 18.5 Å². The molecule has 0 aromatic heterocycles. The maximum Gasteiger partial charge on any atom is 0.306 e. The predicted octanol–water partition coefficient (Wildman–Crippen LogP) is 26.6. The van der Waals surface area contributed by atoms with Gasteiger partial charge in [-0.25, -0.2) is 0 Å². The quantitative estimate of drug-likeness (QED) is 0.0195. The minimum Gasteiger partial charge on any atom is -0.756 e. The smallest absolute Gasteiger partial charge is 0.306 e. The van der Waals surface area contributed by atoms with E-state index in [1.165, 1.54) is 186 Å². The molecule has 98 heavy (non-hydrogen) atoms. The lowest BCUT2D eigenvalue weighted by Gasteiger charge is -2.28. The Bertz CT molecular complexity index is 2170. The average molecular weight is 1380 g/mol. The maximum absolute atomic E-state index is 12.9. The number of hydrogen-bond acceptors (Lipinski definition) is 8. The minimum atomic E-state index is -4.66. The molecule has 0 fully saturated rings. The van der Waals surface area contributed by atoms with Crippen molar-refractivity contribution in [1.82, 2.24) is 0 Å². The first-order chi connectivity index (χ1) is 48.0. The second-order valence-electron chi connectivity index (χ2n) is 28.0. The summed E-state index contributed by atoms with van der Waals surface area (Å²) in [5.74, 6) is -0.846. The molecule has 0 radical (unpaired) electrons. The van der Waals surface area contributed by atoms with Crippen LogP contribution in [-0.4, -0.2) is 70.0 Å². The first-order valence-corrected chi connectivity index (χ1v) is 42.0. The Labute approximate surface area is 605 Å². The molecule has 0 rings (SSSR count). The molecule has 0 saturated heterocycles. The SMILES string of the molecule is CC/C=C\C/C=C\C/C=C\C/C=C\C/C=C\C/C=C\C/C=C\C/C=C\C/C=C\C/C=C\CCCCCCCCC(=O)OC(COC(=O)CCCCCCCCCCCCCCCCCCCCCCCCCCC/C=C\C/C=C\CCCCCCC)COP(=O)([O-])OCC[N+](C)(C)C. The highest BCUT2D eigenvalue weighted by Crippen LogP contribution is 2.38. The van der Waals surface area contributed by atoms with Crippen LogP contribution >= 0.6 is 7.82 Å². The zero-order valence-corrected chi connectivity index (χ0v) is 65.1. The van der Waals surface area contributed by atoms with E-state index in [-0.39, 0.29) is 32.0 Å². The summed E-state index contributed by atoms with van der Waals surface area (Å²) in [4.78, 5) is 38.2. The number of phosphoric acid groups is 1. The molecule has 2 unspecified atom stereocenters. The summed E-state index contributed by atoms with van der Waals surface area (Å²) < 4.78 is 34.4. The molecule has 2 atom stereocenters. The fourth-order valence-electron chi connectivity index (χ4n) is 11.2. The third-order valence-corrected chi connectivity index (χ3v) is 18.3. The van der Waals surface area contributed by atoms with E-state index in [0.29, 0.717) is 17.4 Å². The van der Waals surface area contributed by atoms with E-state index in [0.717, 1.165) is 128 Å². The van der Waals surface area contributed by atoms with Crippen molar-refractivity contribution in [2.24, 2.45) is 0 Å². The largest absolute Gasteiger partial charge is 0.756 e. The van der Waals surface area contributed by atoms with E-state index in [9.17, 15) is 19.0 Å². The van der Waals surface area contributed by atoms with Crippen LogP contribution in [0, 0.1) is 0 Å². The van der Waals surface area contributed by atoms with Crippen molar-refractivity contribution in [3.63, 3.8) is 0 Å². The lowest BCUT2D eigenvalue weighted by molar-refractivity contribution is -0.870. The second-order valence-corrected chi connectivity index (χ2v) is 29.5. The monoisotopic (exact) mass is 1380 g/mol. The van der Waals surface area contributed by atoms with Crippen LogP contribution in [0.3, 0.4) is 0 Å². The van der Waals surface area contributed by atoms with Crippen molar-refractivity contribution in [3.8, 4) is 0 Å². The third-order valence-electron chi connectivity index (χ3n) is 17.3. The van der Waals surface area contributed by atoms with Crippen molar-refractivity contribution >= 4 is 19.8 Å². The van der Waals surface area contributed by atoms with E-state index in [1.54, 1.807) is 0 Å². The van der Waals surface area contributed by atoms with Gasteiger partial charge in [0.2, 0.25) is 0 Å². The van der Waals surface area contributed by atoms with Gasteiger partial charge in [0.05, 0.1) is 27.7 Å². The molecule has 0 aliphatic heterocycles. The summed E-state index contributed by atoms with van der Waals surface area (Å²) in [6.45, 7) is 4.12. The Kier molecular flexibility index (Phi) is 73.8. The fourth-order valence-corrected chi connectivity index (χ4v) is 11.9. The summed E-state index contributed by atoms with van der Waals surface area (Å²) in [6.07, 6.45) is 114. The van der Waals surface area contributed by atoms with E-state index in [1.807, 2.05) is 21.1 Å². The van der Waals surface area contributed by atoms with Crippen molar-refractivity contribution in [2.45, 2.75) is 354 Å². The van der Waals surface area contributed by atoms with Crippen LogP contribution in [0.4, 0.5) is 0 Å². The van der Waals surface area contributed by atoms with Gasteiger partial charge in [0, 0.05) is 12.8 Å². The number of rotatable bonds is 74. The average Bonchev–Trinajstić information content (AvgIpc) is 1.08. The van der Waals surface area contributed by atoms with Crippen molar-refractivity contribution < 1.29 is 42.1 Å². The van der Waals surface area contributed by atoms with E-state index in [2.05, 4.69) is 160 Å². The van der Waals surface area contributed by atoms with Crippen molar-refractivity contribution in [2.75, 3.05) is 47.5 Å². The molecule has 0 spiro atoms. The number of nitrogens with zero attached hydrogens (tertiary/aromatic N) is 1. The van der Waals surface area contributed by atoms with E-state index >= 15 is 0 Å². The van der Waals surface area contributed by atoms with Crippen LogP contribution in [0.5, 0.6) is 0 Å². The third kappa shape index (κ3) is 80.9. The summed E-state index contributed by atoms with van der Waals surface area (Å²) in [5.41, 5.74) is 0. The molecule has 0 aromatic rings. The van der Waals surface area contributed by atoms with Gasteiger partial charge >= 0.3 is 11.9 Å². The van der Waals surface area contributed by atoms with Gasteiger partial charge < -0.3 is 27.9 Å². The standard InChI is InChI=1S/C88H152NO8P/c1-6-8-10-12-14-16-18-20-22-24-26-28-30-32-34-36-38-40-42-44-46-48-50-52-54-56-58-60-62-64-66-68-70-72-74-76-78-80-87(90)94-84-86(85-96-98(92,93)95-83-82-89(3,4)5)97-88(91)81-79-77-75-73-71-69-67-65-63-61-59-57-55-53-51-49-47-45-43-41-39-37-35-33-31-29-27-25-23-21-19-17-15-13-11-9-7-2/h9,11,15,17-18,20-21,23-24,26-27,29,33,35,39,41,45,47,51,53,57,59,63,65,86H,6-8,10,12-14,16,19,22,25,28,30-32,34,36-38,40,42-44,46,48-50,52,54-56,58,60-62,64,66-85H2,1-5H3/b11-9-,17-15-,20-18-,23-21-,26-24-,29-27-,35-33-,41-39-,47-45-,53-51-,59-57-,65-63-. The molecule has 0 saturated carbocycles. The predicted molar refractivity (Wildman–Crippen MR) is 424 cm³/mol. The number of hydrogen-bond donors (Lipinski definition) is 0. The highest BCUT2D eigenvalue weighted by molar-refractivity contribution is 7.45. The molecule has 0 aromatic carbocycles. The molecule has 0 amide bonds. The molecule has 0 aliphatic rings. The normalized spacial score (nSPS) is 13.8. The Morgan fingerprint density at radius 1 is 0.327 bits per heavy atom. The van der Waals surface area contributed by atoms with Gasteiger partial charge in [-0.05, 0) is 122 Å². The maximum atomic E-state index is 12.9. The van der Waals surface area contributed by atoms with Crippen LogP contribution in [0.25, 0.3) is 0 Å². The van der Waals surface area contributed by atoms with Crippen molar-refractivity contribution in [1.29, 1.82) is 0 Å². The highest BCUT2D eigenvalue weighted by Gasteiger charge is 2.22. The second kappa shape index (κ2) is 77.1. The highest BCUT2D eigenvalue weighted by atomic mass is 31.2. The van der Waals surface area contributed by atoms with Gasteiger partial charge in [-0.1, -0.05) is 359 Å². The summed E-state index contributed by atoms with van der Waals surface area (Å²) in [7, 11) is 1.15. The molecule has 562 valence electrons. The lowest BCUT2D eigenvalue weighted by Crippen LogP contribution is -2.37. The first-order valence-electron chi connectivity index (χ1n) is 40.5. The van der Waals surface area contributed by atoms with Crippen LogP contribution < -0.4 is 4.89 Å². The molecule has 0 bridgehead atoms. The molecule has 0 heterocycles. The van der Waals surface area contributed by atoms with E-state index < -0.39 is 26.5 Å². The number of unbranched alkanes of at least 4 members (excludes halogenated alkanes) is 36. The number of phosphoric ester groups is 1. The molecular formula is C88H152NO8P. The number of carbonyl (C=O) groups excluding carboxylic acids is 2. The van der Waals surface area contributed by atoms with Gasteiger partial charge in [0.25, 0.3) is 7.82 Å². The van der Waals surface area contributed by atoms with Gasteiger partial charge in [-0.2, -0.15) is 0 Å². The Hall–Kier alpha value is -4.11.